The fraction of sp³-hybridized carbons (Fsp3) is 0.0833. The highest BCUT2D eigenvalue weighted by atomic mass is 79.9. The van der Waals surface area contributed by atoms with Crippen molar-refractivity contribution in [2.45, 2.75) is 0 Å². The van der Waals surface area contributed by atoms with Gasteiger partial charge in [-0.05, 0) is 30.3 Å². The van der Waals surface area contributed by atoms with E-state index >= 15 is 0 Å². The maximum absolute atomic E-state index is 12.0. The van der Waals surface area contributed by atoms with E-state index in [1.54, 1.807) is 22.8 Å². The van der Waals surface area contributed by atoms with Crippen molar-refractivity contribution in [3.05, 3.63) is 51.7 Å². The molecule has 0 atom stereocenters. The number of aromatic nitrogens is 1. The second-order valence-electron chi connectivity index (χ2n) is 3.58. The third-order valence-corrected chi connectivity index (χ3v) is 3.18. The Morgan fingerprint density at radius 1 is 1.41 bits per heavy atom. The minimum atomic E-state index is -0.183. The van der Waals surface area contributed by atoms with Crippen molar-refractivity contribution in [1.29, 1.82) is 0 Å². The quantitative estimate of drug-likeness (QED) is 0.901. The van der Waals surface area contributed by atoms with Gasteiger partial charge in [-0.3, -0.25) is 4.79 Å². The highest BCUT2D eigenvalue weighted by Crippen LogP contribution is 2.26. The molecule has 17 heavy (non-hydrogen) atoms. The van der Waals surface area contributed by atoms with E-state index in [1.165, 1.54) is 0 Å². The highest BCUT2D eigenvalue weighted by molar-refractivity contribution is 9.10. The molecule has 5 heteroatoms. The van der Waals surface area contributed by atoms with Gasteiger partial charge in [0, 0.05) is 17.7 Å². The van der Waals surface area contributed by atoms with Gasteiger partial charge in [-0.15, -0.1) is 0 Å². The zero-order valence-corrected chi connectivity index (χ0v) is 11.4. The predicted octanol–water partition coefficient (Wildman–Crippen LogP) is 3.69. The Labute approximate surface area is 113 Å². The van der Waals surface area contributed by atoms with Crippen LogP contribution in [0.4, 0.5) is 5.69 Å². The SMILES string of the molecule is Cn1cccc1C(=O)Nc1cc(Br)ccc1Cl. The molecular weight excluding hydrogens is 304 g/mol. The lowest BCUT2D eigenvalue weighted by molar-refractivity contribution is 0.101. The number of hydrogen-bond acceptors (Lipinski definition) is 1. The van der Waals surface area contributed by atoms with Crippen LogP contribution >= 0.6 is 27.5 Å². The molecule has 2 rings (SSSR count). The third kappa shape index (κ3) is 2.70. The zero-order valence-electron chi connectivity index (χ0n) is 9.08. The van der Waals surface area contributed by atoms with Crippen LogP contribution in [0, 0.1) is 0 Å². The Kier molecular flexibility index (Phi) is 3.54. The number of anilines is 1. The topological polar surface area (TPSA) is 34.0 Å². The second-order valence-corrected chi connectivity index (χ2v) is 4.91. The summed E-state index contributed by atoms with van der Waals surface area (Å²) in [4.78, 5) is 12.0. The molecular formula is C12H10BrClN2O. The number of carbonyl (C=O) groups excluding carboxylic acids is 1. The van der Waals surface area contributed by atoms with Gasteiger partial charge in [-0.1, -0.05) is 27.5 Å². The summed E-state index contributed by atoms with van der Waals surface area (Å²) >= 11 is 9.33. The number of benzene rings is 1. The van der Waals surface area contributed by atoms with Crippen LogP contribution in [0.2, 0.25) is 5.02 Å². The van der Waals surface area contributed by atoms with E-state index < -0.39 is 0 Å². The summed E-state index contributed by atoms with van der Waals surface area (Å²) in [5, 5.41) is 3.28. The molecule has 0 aliphatic carbocycles. The molecule has 0 fully saturated rings. The summed E-state index contributed by atoms with van der Waals surface area (Å²) in [6.45, 7) is 0. The zero-order chi connectivity index (χ0) is 12.4. The van der Waals surface area contributed by atoms with Crippen LogP contribution in [0.1, 0.15) is 10.5 Å². The molecule has 1 aromatic carbocycles. The van der Waals surface area contributed by atoms with E-state index in [0.29, 0.717) is 16.4 Å². The first-order valence-corrected chi connectivity index (χ1v) is 6.13. The minimum Gasteiger partial charge on any atom is -0.347 e. The van der Waals surface area contributed by atoms with Gasteiger partial charge in [0.15, 0.2) is 0 Å². The van der Waals surface area contributed by atoms with E-state index in [-0.39, 0.29) is 5.91 Å². The molecule has 0 saturated heterocycles. The Morgan fingerprint density at radius 3 is 2.82 bits per heavy atom. The predicted molar refractivity (Wildman–Crippen MR) is 72.5 cm³/mol. The van der Waals surface area contributed by atoms with Crippen LogP contribution in [0.3, 0.4) is 0 Å². The monoisotopic (exact) mass is 312 g/mol. The summed E-state index contributed by atoms with van der Waals surface area (Å²) in [6, 6.07) is 8.88. The smallest absolute Gasteiger partial charge is 0.272 e. The molecule has 1 aromatic heterocycles. The number of aryl methyl sites for hydroxylation is 1. The molecule has 0 spiro atoms. The van der Waals surface area contributed by atoms with Gasteiger partial charge in [0.25, 0.3) is 5.91 Å². The number of amides is 1. The Hall–Kier alpha value is -1.26. The molecule has 0 aliphatic rings. The van der Waals surface area contributed by atoms with Gasteiger partial charge in [-0.25, -0.2) is 0 Å². The molecule has 0 saturated carbocycles. The first-order valence-electron chi connectivity index (χ1n) is 4.95. The summed E-state index contributed by atoms with van der Waals surface area (Å²) in [5.74, 6) is -0.183. The molecule has 2 aromatic rings. The number of carbonyl (C=O) groups is 1. The molecule has 0 bridgehead atoms. The van der Waals surface area contributed by atoms with Crippen LogP contribution in [0.15, 0.2) is 41.0 Å². The van der Waals surface area contributed by atoms with E-state index in [1.807, 2.05) is 25.4 Å². The van der Waals surface area contributed by atoms with Gasteiger partial charge in [-0.2, -0.15) is 0 Å². The van der Waals surface area contributed by atoms with Crippen molar-refractivity contribution in [3.63, 3.8) is 0 Å². The van der Waals surface area contributed by atoms with Crippen LogP contribution in [0.25, 0.3) is 0 Å². The minimum absolute atomic E-state index is 0.183. The molecule has 1 heterocycles. The highest BCUT2D eigenvalue weighted by Gasteiger charge is 2.11. The molecule has 3 nitrogen and oxygen atoms in total. The Bertz CT molecular complexity index is 565. The largest absolute Gasteiger partial charge is 0.347 e. The third-order valence-electron chi connectivity index (χ3n) is 2.35. The van der Waals surface area contributed by atoms with Gasteiger partial charge in [0.2, 0.25) is 0 Å². The van der Waals surface area contributed by atoms with Gasteiger partial charge < -0.3 is 9.88 Å². The average molecular weight is 314 g/mol. The second kappa shape index (κ2) is 4.94. The molecule has 1 amide bonds. The van der Waals surface area contributed by atoms with Crippen LogP contribution in [-0.2, 0) is 7.05 Å². The summed E-state index contributed by atoms with van der Waals surface area (Å²) in [5.41, 5.74) is 1.17. The normalized spacial score (nSPS) is 10.3. The number of halogens is 2. The number of hydrogen-bond donors (Lipinski definition) is 1. The average Bonchev–Trinajstić information content (AvgIpc) is 2.70. The van der Waals surface area contributed by atoms with E-state index in [9.17, 15) is 4.79 Å². The van der Waals surface area contributed by atoms with Crippen molar-refractivity contribution in [2.75, 3.05) is 5.32 Å². The van der Waals surface area contributed by atoms with Crippen molar-refractivity contribution < 1.29 is 4.79 Å². The maximum atomic E-state index is 12.0. The lowest BCUT2D eigenvalue weighted by Gasteiger charge is -2.08. The van der Waals surface area contributed by atoms with Crippen LogP contribution < -0.4 is 5.32 Å². The van der Waals surface area contributed by atoms with Crippen molar-refractivity contribution in [3.8, 4) is 0 Å². The number of nitrogens with zero attached hydrogens (tertiary/aromatic N) is 1. The maximum Gasteiger partial charge on any atom is 0.272 e. The summed E-state index contributed by atoms with van der Waals surface area (Å²) in [7, 11) is 1.82. The van der Waals surface area contributed by atoms with E-state index in [0.717, 1.165) is 4.47 Å². The van der Waals surface area contributed by atoms with Gasteiger partial charge in [0.1, 0.15) is 5.69 Å². The van der Waals surface area contributed by atoms with Crippen LogP contribution in [0.5, 0.6) is 0 Å². The fourth-order valence-corrected chi connectivity index (χ4v) is 2.00. The summed E-state index contributed by atoms with van der Waals surface area (Å²) in [6.07, 6.45) is 1.82. The number of nitrogens with one attached hydrogen (secondary N) is 1. The van der Waals surface area contributed by atoms with E-state index in [2.05, 4.69) is 21.2 Å². The first kappa shape index (κ1) is 12.2. The standard InChI is InChI=1S/C12H10BrClN2O/c1-16-6-2-3-11(16)12(17)15-10-7-8(13)4-5-9(10)14/h2-7H,1H3,(H,15,17). The molecule has 0 unspecified atom stereocenters. The van der Waals surface area contributed by atoms with Crippen molar-refractivity contribution >= 4 is 39.1 Å². The van der Waals surface area contributed by atoms with Crippen molar-refractivity contribution in [2.24, 2.45) is 7.05 Å². The summed E-state index contributed by atoms with van der Waals surface area (Å²) < 4.78 is 2.62. The lowest BCUT2D eigenvalue weighted by atomic mass is 10.3. The molecule has 0 aliphatic heterocycles. The fourth-order valence-electron chi connectivity index (χ4n) is 1.48. The lowest BCUT2D eigenvalue weighted by Crippen LogP contribution is -2.15. The Balaban J connectivity index is 2.24. The molecule has 1 N–H and O–H groups in total. The van der Waals surface area contributed by atoms with Crippen molar-refractivity contribution in [1.82, 2.24) is 4.57 Å². The first-order chi connectivity index (χ1) is 8.08. The molecule has 88 valence electrons. The van der Waals surface area contributed by atoms with Gasteiger partial charge >= 0.3 is 0 Å². The van der Waals surface area contributed by atoms with E-state index in [4.69, 9.17) is 11.6 Å². The Morgan fingerprint density at radius 2 is 2.18 bits per heavy atom. The van der Waals surface area contributed by atoms with Crippen LogP contribution in [-0.4, -0.2) is 10.5 Å². The van der Waals surface area contributed by atoms with Gasteiger partial charge in [0.05, 0.1) is 10.7 Å². The number of rotatable bonds is 2. The molecule has 0 radical (unpaired) electrons.